The summed E-state index contributed by atoms with van der Waals surface area (Å²) in [5.41, 5.74) is 2.22. The van der Waals surface area contributed by atoms with Gasteiger partial charge in [0.25, 0.3) is 0 Å². The molecule has 0 aliphatic carbocycles. The molecule has 2 unspecified atom stereocenters. The summed E-state index contributed by atoms with van der Waals surface area (Å²) < 4.78 is 19.4. The summed E-state index contributed by atoms with van der Waals surface area (Å²) in [6.07, 6.45) is 0.949. The molecule has 1 aliphatic rings. The number of hydrogen-bond acceptors (Lipinski definition) is 2. The quantitative estimate of drug-likeness (QED) is 0.924. The van der Waals surface area contributed by atoms with Crippen LogP contribution < -0.4 is 10.1 Å². The van der Waals surface area contributed by atoms with Gasteiger partial charge in [0.2, 0.25) is 0 Å². The molecule has 2 aromatic rings. The van der Waals surface area contributed by atoms with Gasteiger partial charge in [0.05, 0.1) is 6.61 Å². The minimum Gasteiger partial charge on any atom is -0.493 e. The number of para-hydroxylation sites is 1. The average molecular weight is 285 g/mol. The molecule has 0 saturated heterocycles. The van der Waals surface area contributed by atoms with E-state index in [1.165, 1.54) is 11.6 Å². The van der Waals surface area contributed by atoms with Gasteiger partial charge in [-0.05, 0) is 42.3 Å². The highest BCUT2D eigenvalue weighted by Gasteiger charge is 2.28. The van der Waals surface area contributed by atoms with Gasteiger partial charge in [0.15, 0.2) is 0 Å². The Labute approximate surface area is 125 Å². The second kappa shape index (κ2) is 6.27. The summed E-state index contributed by atoms with van der Waals surface area (Å²) in [4.78, 5) is 0. The summed E-state index contributed by atoms with van der Waals surface area (Å²) >= 11 is 0. The Hall–Kier alpha value is -1.87. The van der Waals surface area contributed by atoms with Crippen LogP contribution >= 0.6 is 0 Å². The molecule has 2 nitrogen and oxygen atoms in total. The number of ether oxygens (including phenoxy) is 1. The van der Waals surface area contributed by atoms with Crippen molar-refractivity contribution in [2.24, 2.45) is 5.92 Å². The van der Waals surface area contributed by atoms with Crippen LogP contribution in [0.25, 0.3) is 0 Å². The normalized spacial score (nSPS) is 18.7. The summed E-state index contributed by atoms with van der Waals surface area (Å²) in [5.74, 6) is 1.09. The molecule has 1 N–H and O–H groups in total. The zero-order valence-corrected chi connectivity index (χ0v) is 12.2. The van der Waals surface area contributed by atoms with Gasteiger partial charge in [0.1, 0.15) is 11.6 Å². The maximum atomic E-state index is 13.5. The predicted molar refractivity (Wildman–Crippen MR) is 81.9 cm³/mol. The molecule has 0 bridgehead atoms. The topological polar surface area (TPSA) is 21.3 Å². The van der Waals surface area contributed by atoms with Crippen LogP contribution in [0.1, 0.15) is 24.1 Å². The van der Waals surface area contributed by atoms with Crippen molar-refractivity contribution in [1.82, 2.24) is 5.32 Å². The average Bonchev–Trinajstić information content (AvgIpc) is 2.52. The maximum Gasteiger partial charge on any atom is 0.123 e. The molecule has 1 aliphatic heterocycles. The Morgan fingerprint density at radius 2 is 2.10 bits per heavy atom. The summed E-state index contributed by atoms with van der Waals surface area (Å²) in [6.45, 7) is 3.58. The second-order valence-corrected chi connectivity index (χ2v) is 5.47. The standard InChI is InChI=1S/C18H20FNO/c1-2-20-18(14-7-5-8-16(19)11-14)15-10-13-6-3-4-9-17(13)21-12-15/h3-9,11,15,18,20H,2,10,12H2,1H3. The molecule has 110 valence electrons. The lowest BCUT2D eigenvalue weighted by Crippen LogP contribution is -2.35. The third kappa shape index (κ3) is 3.08. The van der Waals surface area contributed by atoms with Gasteiger partial charge >= 0.3 is 0 Å². The SMILES string of the molecule is CCNC(c1cccc(F)c1)C1COc2ccccc2C1. The molecular weight excluding hydrogens is 265 g/mol. The summed E-state index contributed by atoms with van der Waals surface area (Å²) in [7, 11) is 0. The van der Waals surface area contributed by atoms with E-state index < -0.39 is 0 Å². The number of halogens is 1. The predicted octanol–water partition coefficient (Wildman–Crippen LogP) is 3.73. The molecule has 0 radical (unpaired) electrons. The van der Waals surface area contributed by atoms with Gasteiger partial charge in [-0.15, -0.1) is 0 Å². The Balaban J connectivity index is 1.85. The minimum absolute atomic E-state index is 0.110. The summed E-state index contributed by atoms with van der Waals surface area (Å²) in [5, 5.41) is 3.48. The zero-order valence-electron chi connectivity index (χ0n) is 12.2. The van der Waals surface area contributed by atoms with Crippen LogP contribution in [0.2, 0.25) is 0 Å². The highest BCUT2D eigenvalue weighted by Crippen LogP contribution is 2.33. The highest BCUT2D eigenvalue weighted by atomic mass is 19.1. The highest BCUT2D eigenvalue weighted by molar-refractivity contribution is 5.36. The van der Waals surface area contributed by atoms with Crippen molar-refractivity contribution in [2.45, 2.75) is 19.4 Å². The van der Waals surface area contributed by atoms with Crippen LogP contribution in [0.5, 0.6) is 5.75 Å². The number of benzene rings is 2. The van der Waals surface area contributed by atoms with Gasteiger partial charge in [0, 0.05) is 12.0 Å². The lowest BCUT2D eigenvalue weighted by molar-refractivity contribution is 0.185. The minimum atomic E-state index is -0.187. The number of hydrogen-bond donors (Lipinski definition) is 1. The van der Waals surface area contributed by atoms with E-state index in [0.717, 1.165) is 24.3 Å². The fourth-order valence-corrected chi connectivity index (χ4v) is 3.04. The van der Waals surface area contributed by atoms with E-state index in [-0.39, 0.29) is 11.9 Å². The van der Waals surface area contributed by atoms with Crippen molar-refractivity contribution in [2.75, 3.05) is 13.2 Å². The molecule has 2 atom stereocenters. The molecule has 2 aromatic carbocycles. The maximum absolute atomic E-state index is 13.5. The third-order valence-corrected chi connectivity index (χ3v) is 4.01. The fourth-order valence-electron chi connectivity index (χ4n) is 3.04. The lowest BCUT2D eigenvalue weighted by Gasteiger charge is -2.32. The van der Waals surface area contributed by atoms with Crippen LogP contribution in [0, 0.1) is 11.7 Å². The van der Waals surface area contributed by atoms with E-state index in [0.29, 0.717) is 12.5 Å². The number of rotatable bonds is 4. The first-order chi connectivity index (χ1) is 10.3. The molecule has 0 saturated carbocycles. The first-order valence-electron chi connectivity index (χ1n) is 7.47. The van der Waals surface area contributed by atoms with Crippen LogP contribution in [-0.4, -0.2) is 13.2 Å². The van der Waals surface area contributed by atoms with Crippen LogP contribution in [-0.2, 0) is 6.42 Å². The number of nitrogens with one attached hydrogen (secondary N) is 1. The van der Waals surface area contributed by atoms with E-state index in [4.69, 9.17) is 4.74 Å². The van der Waals surface area contributed by atoms with Gasteiger partial charge in [-0.2, -0.15) is 0 Å². The van der Waals surface area contributed by atoms with Crippen molar-refractivity contribution in [3.8, 4) is 5.75 Å². The molecule has 0 amide bonds. The van der Waals surface area contributed by atoms with Crippen molar-refractivity contribution in [3.63, 3.8) is 0 Å². The first kappa shape index (κ1) is 14.1. The van der Waals surface area contributed by atoms with Gasteiger partial charge in [-0.3, -0.25) is 0 Å². The van der Waals surface area contributed by atoms with Gasteiger partial charge in [-0.1, -0.05) is 37.3 Å². The Morgan fingerprint density at radius 1 is 1.24 bits per heavy atom. The monoisotopic (exact) mass is 285 g/mol. The van der Waals surface area contributed by atoms with Crippen LogP contribution in [0.15, 0.2) is 48.5 Å². The smallest absolute Gasteiger partial charge is 0.123 e. The van der Waals surface area contributed by atoms with E-state index in [1.54, 1.807) is 12.1 Å². The Morgan fingerprint density at radius 3 is 2.90 bits per heavy atom. The molecule has 3 rings (SSSR count). The fraction of sp³-hybridized carbons (Fsp3) is 0.333. The van der Waals surface area contributed by atoms with E-state index in [2.05, 4.69) is 18.3 Å². The molecule has 1 heterocycles. The van der Waals surface area contributed by atoms with Crippen molar-refractivity contribution >= 4 is 0 Å². The zero-order chi connectivity index (χ0) is 14.7. The van der Waals surface area contributed by atoms with Crippen LogP contribution in [0.3, 0.4) is 0 Å². The first-order valence-corrected chi connectivity index (χ1v) is 7.47. The molecule has 0 aromatic heterocycles. The van der Waals surface area contributed by atoms with E-state index >= 15 is 0 Å². The van der Waals surface area contributed by atoms with Crippen molar-refractivity contribution in [3.05, 3.63) is 65.5 Å². The lowest BCUT2D eigenvalue weighted by atomic mass is 9.86. The van der Waals surface area contributed by atoms with Gasteiger partial charge in [-0.25, -0.2) is 4.39 Å². The Bertz CT molecular complexity index is 614. The Kier molecular flexibility index (Phi) is 4.20. The van der Waals surface area contributed by atoms with Crippen molar-refractivity contribution < 1.29 is 9.13 Å². The van der Waals surface area contributed by atoms with E-state index in [9.17, 15) is 4.39 Å². The van der Waals surface area contributed by atoms with Crippen molar-refractivity contribution in [1.29, 1.82) is 0 Å². The second-order valence-electron chi connectivity index (χ2n) is 5.47. The van der Waals surface area contributed by atoms with E-state index in [1.807, 2.05) is 24.3 Å². The third-order valence-electron chi connectivity index (χ3n) is 4.01. The summed E-state index contributed by atoms with van der Waals surface area (Å²) in [6, 6.07) is 15.1. The van der Waals surface area contributed by atoms with Crippen LogP contribution in [0.4, 0.5) is 4.39 Å². The molecule has 0 fully saturated rings. The molecule has 21 heavy (non-hydrogen) atoms. The van der Waals surface area contributed by atoms with Gasteiger partial charge < -0.3 is 10.1 Å². The molecular formula is C18H20FNO. The molecule has 0 spiro atoms. The molecule has 3 heteroatoms. The number of fused-ring (bicyclic) bond motifs is 1. The largest absolute Gasteiger partial charge is 0.493 e.